The van der Waals surface area contributed by atoms with E-state index in [-0.39, 0.29) is 5.97 Å². The van der Waals surface area contributed by atoms with Crippen molar-refractivity contribution < 1.29 is 9.53 Å². The lowest BCUT2D eigenvalue weighted by Crippen LogP contribution is -2.21. The van der Waals surface area contributed by atoms with Crippen LogP contribution in [0.15, 0.2) is 36.4 Å². The summed E-state index contributed by atoms with van der Waals surface area (Å²) in [7, 11) is 0. The molecule has 0 fully saturated rings. The van der Waals surface area contributed by atoms with Crippen molar-refractivity contribution in [1.82, 2.24) is 0 Å². The minimum atomic E-state index is -0.279. The van der Waals surface area contributed by atoms with Crippen LogP contribution >= 0.6 is 0 Å². The van der Waals surface area contributed by atoms with Crippen molar-refractivity contribution in [2.45, 2.75) is 20.8 Å². The van der Waals surface area contributed by atoms with Crippen LogP contribution in [0.25, 0.3) is 0 Å². The third-order valence-corrected chi connectivity index (χ3v) is 2.78. The highest BCUT2D eigenvalue weighted by atomic mass is 16.5. The molecule has 0 radical (unpaired) electrons. The van der Waals surface area contributed by atoms with Crippen molar-refractivity contribution in [3.8, 4) is 0 Å². The van der Waals surface area contributed by atoms with Crippen molar-refractivity contribution in [2.75, 3.05) is 24.6 Å². The highest BCUT2D eigenvalue weighted by Gasteiger charge is 2.07. The minimum Gasteiger partial charge on any atom is -0.458 e. The molecule has 0 heterocycles. The number of ether oxygens (including phenoxy) is 1. The SMILES string of the molecule is C/C=C/COC(=O)c1ccc(N(CC)CC)cc1. The third-order valence-electron chi connectivity index (χ3n) is 2.78. The average molecular weight is 247 g/mol. The normalized spacial score (nSPS) is 10.6. The molecule has 3 heteroatoms. The van der Waals surface area contributed by atoms with E-state index in [1.165, 1.54) is 0 Å². The number of hydrogen-bond acceptors (Lipinski definition) is 3. The van der Waals surface area contributed by atoms with Gasteiger partial charge in [-0.3, -0.25) is 0 Å². The number of nitrogens with zero attached hydrogens (tertiary/aromatic N) is 1. The Kier molecular flexibility index (Phi) is 5.98. The first-order valence-electron chi connectivity index (χ1n) is 6.36. The molecule has 0 bridgehead atoms. The summed E-state index contributed by atoms with van der Waals surface area (Å²) in [4.78, 5) is 13.9. The van der Waals surface area contributed by atoms with Crippen LogP contribution in [0, 0.1) is 0 Å². The van der Waals surface area contributed by atoms with E-state index in [9.17, 15) is 4.79 Å². The second-order valence-electron chi connectivity index (χ2n) is 3.89. The predicted octanol–water partition coefficient (Wildman–Crippen LogP) is 3.27. The molecule has 0 saturated heterocycles. The largest absolute Gasteiger partial charge is 0.458 e. The van der Waals surface area contributed by atoms with E-state index < -0.39 is 0 Å². The highest BCUT2D eigenvalue weighted by molar-refractivity contribution is 5.89. The van der Waals surface area contributed by atoms with Gasteiger partial charge in [0.1, 0.15) is 6.61 Å². The second-order valence-corrected chi connectivity index (χ2v) is 3.89. The predicted molar refractivity (Wildman–Crippen MR) is 75.1 cm³/mol. The van der Waals surface area contributed by atoms with Crippen LogP contribution in [0.3, 0.4) is 0 Å². The molecule has 0 spiro atoms. The number of carbonyl (C=O) groups is 1. The zero-order chi connectivity index (χ0) is 13.4. The van der Waals surface area contributed by atoms with E-state index >= 15 is 0 Å². The number of esters is 1. The second kappa shape index (κ2) is 7.54. The number of carbonyl (C=O) groups excluding carboxylic acids is 1. The summed E-state index contributed by atoms with van der Waals surface area (Å²) in [5.41, 5.74) is 1.72. The van der Waals surface area contributed by atoms with E-state index in [4.69, 9.17) is 4.74 Å². The summed E-state index contributed by atoms with van der Waals surface area (Å²) in [6.07, 6.45) is 3.67. The van der Waals surface area contributed by atoms with E-state index in [1.54, 1.807) is 0 Å². The van der Waals surface area contributed by atoms with Crippen LogP contribution < -0.4 is 4.90 Å². The Balaban J connectivity index is 2.67. The maximum Gasteiger partial charge on any atom is 0.338 e. The Morgan fingerprint density at radius 3 is 2.33 bits per heavy atom. The molecule has 1 aromatic rings. The highest BCUT2D eigenvalue weighted by Crippen LogP contribution is 2.15. The van der Waals surface area contributed by atoms with Gasteiger partial charge in [-0.05, 0) is 45.0 Å². The first kappa shape index (κ1) is 14.3. The summed E-state index contributed by atoms with van der Waals surface area (Å²) in [5.74, 6) is -0.279. The van der Waals surface area contributed by atoms with Crippen LogP contribution in [0.4, 0.5) is 5.69 Å². The van der Waals surface area contributed by atoms with Gasteiger partial charge in [-0.2, -0.15) is 0 Å². The zero-order valence-corrected chi connectivity index (χ0v) is 11.3. The minimum absolute atomic E-state index is 0.279. The number of benzene rings is 1. The molecule has 0 aliphatic carbocycles. The molecule has 0 amide bonds. The molecule has 3 nitrogen and oxygen atoms in total. The zero-order valence-electron chi connectivity index (χ0n) is 11.3. The lowest BCUT2D eigenvalue weighted by Gasteiger charge is -2.20. The van der Waals surface area contributed by atoms with E-state index in [0.717, 1.165) is 18.8 Å². The molecule has 0 saturated carbocycles. The third kappa shape index (κ3) is 3.91. The fraction of sp³-hybridized carbons (Fsp3) is 0.400. The fourth-order valence-corrected chi connectivity index (χ4v) is 1.70. The van der Waals surface area contributed by atoms with Gasteiger partial charge >= 0.3 is 5.97 Å². The van der Waals surface area contributed by atoms with Gasteiger partial charge in [-0.25, -0.2) is 4.79 Å². The number of hydrogen-bond donors (Lipinski definition) is 0. The molecule has 0 aromatic heterocycles. The molecule has 1 rings (SSSR count). The van der Waals surface area contributed by atoms with Gasteiger partial charge in [0.05, 0.1) is 5.56 Å². The van der Waals surface area contributed by atoms with E-state index in [1.807, 2.05) is 43.3 Å². The molecule has 0 aliphatic heterocycles. The van der Waals surface area contributed by atoms with Gasteiger partial charge in [0.15, 0.2) is 0 Å². The molecular weight excluding hydrogens is 226 g/mol. The number of allylic oxidation sites excluding steroid dienone is 1. The van der Waals surface area contributed by atoms with Gasteiger partial charge in [-0.1, -0.05) is 12.2 Å². The standard InChI is InChI=1S/C15H21NO2/c1-4-7-12-18-15(17)13-8-10-14(11-9-13)16(5-2)6-3/h4,7-11H,5-6,12H2,1-3H3/b7-4+. The Bertz CT molecular complexity index is 391. The van der Waals surface area contributed by atoms with Gasteiger partial charge in [0.2, 0.25) is 0 Å². The van der Waals surface area contributed by atoms with Crippen LogP contribution in [0.5, 0.6) is 0 Å². The van der Waals surface area contributed by atoms with Crippen LogP contribution in [0.2, 0.25) is 0 Å². The lowest BCUT2D eigenvalue weighted by atomic mass is 10.2. The maximum absolute atomic E-state index is 11.7. The molecule has 0 N–H and O–H groups in total. The Hall–Kier alpha value is -1.77. The molecule has 0 aliphatic rings. The smallest absolute Gasteiger partial charge is 0.338 e. The average Bonchev–Trinajstić information content (AvgIpc) is 2.41. The van der Waals surface area contributed by atoms with Crippen molar-refractivity contribution in [3.05, 3.63) is 42.0 Å². The molecular formula is C15H21NO2. The summed E-state index contributed by atoms with van der Waals surface area (Å²) >= 11 is 0. The van der Waals surface area contributed by atoms with Crippen molar-refractivity contribution in [2.24, 2.45) is 0 Å². The van der Waals surface area contributed by atoms with Gasteiger partial charge in [0.25, 0.3) is 0 Å². The Labute approximate surface area is 109 Å². The topological polar surface area (TPSA) is 29.5 Å². The van der Waals surface area contributed by atoms with Gasteiger partial charge in [0, 0.05) is 18.8 Å². The number of rotatable bonds is 6. The van der Waals surface area contributed by atoms with Gasteiger partial charge < -0.3 is 9.64 Å². The molecule has 18 heavy (non-hydrogen) atoms. The Morgan fingerprint density at radius 2 is 1.83 bits per heavy atom. The number of anilines is 1. The maximum atomic E-state index is 11.7. The monoisotopic (exact) mass is 247 g/mol. The van der Waals surface area contributed by atoms with E-state index in [2.05, 4.69) is 18.7 Å². The quantitative estimate of drug-likeness (QED) is 0.571. The molecule has 1 aromatic carbocycles. The summed E-state index contributed by atoms with van der Waals surface area (Å²) in [5, 5.41) is 0. The van der Waals surface area contributed by atoms with Crippen molar-refractivity contribution >= 4 is 11.7 Å². The first-order chi connectivity index (χ1) is 8.72. The molecule has 0 unspecified atom stereocenters. The lowest BCUT2D eigenvalue weighted by molar-refractivity contribution is 0.0549. The van der Waals surface area contributed by atoms with E-state index in [0.29, 0.717) is 12.2 Å². The fourth-order valence-electron chi connectivity index (χ4n) is 1.70. The van der Waals surface area contributed by atoms with Crippen LogP contribution in [0.1, 0.15) is 31.1 Å². The van der Waals surface area contributed by atoms with Crippen LogP contribution in [-0.4, -0.2) is 25.7 Å². The summed E-state index contributed by atoms with van der Waals surface area (Å²) in [6.45, 7) is 8.37. The van der Waals surface area contributed by atoms with Crippen molar-refractivity contribution in [1.29, 1.82) is 0 Å². The molecule has 98 valence electrons. The van der Waals surface area contributed by atoms with Gasteiger partial charge in [-0.15, -0.1) is 0 Å². The van der Waals surface area contributed by atoms with Crippen LogP contribution in [-0.2, 0) is 4.74 Å². The van der Waals surface area contributed by atoms with Crippen molar-refractivity contribution in [3.63, 3.8) is 0 Å². The summed E-state index contributed by atoms with van der Waals surface area (Å²) < 4.78 is 5.08. The Morgan fingerprint density at radius 1 is 1.22 bits per heavy atom. The first-order valence-corrected chi connectivity index (χ1v) is 6.36. The molecule has 0 atom stereocenters. The summed E-state index contributed by atoms with van der Waals surface area (Å²) in [6, 6.07) is 7.54.